The molecule has 80 heavy (non-hydrogen) atoms. The number of carbonyl (C=O) groups excluding carboxylic acids is 2. The molecular formula is C65H63O11P3Ru. The second kappa shape index (κ2) is 35.1. The normalized spacial score (nSPS) is 10.0. The Labute approximate surface area is 488 Å². The number of aryl methyl sites for hydroxylation is 9. The molecule has 0 atom stereocenters. The van der Waals surface area contributed by atoms with Crippen LogP contribution in [0.1, 0.15) is 50.1 Å². The first-order valence-electron chi connectivity index (χ1n) is 24.8. The quantitative estimate of drug-likeness (QED) is 0.0604. The van der Waals surface area contributed by atoms with E-state index in [0.717, 1.165) is 51.7 Å². The van der Waals surface area contributed by atoms with Crippen LogP contribution in [0.15, 0.2) is 218 Å². The Morgan fingerprint density at radius 1 is 0.188 bits per heavy atom. The van der Waals surface area contributed by atoms with Crippen LogP contribution in [0.2, 0.25) is 0 Å². The zero-order valence-electron chi connectivity index (χ0n) is 46.0. The SMILES string of the molecule is Cc1ccc(OP(Oc2ccc(C)cc2)Oc2ccc(C)cc2)cc1.Cc1ccc(OP(Oc2ccc(C)cc2)Oc2ccc(C)cc2)cc1.Cc1ccc(OP(Oc2ccc(C)cc2)Oc2ccc(C)cc2)cc1.[C]=O.[C]=O.[Ru]. The molecule has 0 saturated heterocycles. The average molecular weight is 1210 g/mol. The largest absolute Gasteiger partial charge is 0.530 e. The third-order valence-electron chi connectivity index (χ3n) is 10.8. The maximum absolute atomic E-state index is 7.50. The Balaban J connectivity index is 0.000000249. The van der Waals surface area contributed by atoms with Crippen LogP contribution in [-0.2, 0) is 29.1 Å². The summed E-state index contributed by atoms with van der Waals surface area (Å²) >= 11 is 0. The fraction of sp³-hybridized carbons (Fsp3) is 0.138. The molecule has 11 nitrogen and oxygen atoms in total. The van der Waals surface area contributed by atoms with E-state index in [1.54, 1.807) is 0 Å². The first-order chi connectivity index (χ1) is 38.2. The second-order valence-electron chi connectivity index (χ2n) is 17.8. The van der Waals surface area contributed by atoms with Gasteiger partial charge in [0.1, 0.15) is 51.7 Å². The van der Waals surface area contributed by atoms with Gasteiger partial charge in [0.15, 0.2) is 0 Å². The molecule has 0 aromatic heterocycles. The van der Waals surface area contributed by atoms with Gasteiger partial charge in [-0.1, -0.05) is 159 Å². The van der Waals surface area contributed by atoms with E-state index in [1.807, 2.05) is 281 Å². The van der Waals surface area contributed by atoms with Crippen molar-refractivity contribution in [3.8, 4) is 51.7 Å². The predicted octanol–water partition coefficient (Wildman–Crippen LogP) is 18.3. The Morgan fingerprint density at radius 2 is 0.263 bits per heavy atom. The van der Waals surface area contributed by atoms with Crippen LogP contribution in [0.3, 0.4) is 0 Å². The minimum absolute atomic E-state index is 0. The molecule has 9 aromatic rings. The Hall–Kier alpha value is -7.57. The zero-order chi connectivity index (χ0) is 56.9. The van der Waals surface area contributed by atoms with Crippen molar-refractivity contribution in [2.45, 2.75) is 62.3 Å². The molecule has 0 N–H and O–H groups in total. The molecule has 412 valence electrons. The topological polar surface area (TPSA) is 117 Å². The predicted molar refractivity (Wildman–Crippen MR) is 318 cm³/mol. The van der Waals surface area contributed by atoms with Gasteiger partial charge in [-0.15, -0.1) is 0 Å². The second-order valence-corrected chi connectivity index (χ2v) is 20.8. The van der Waals surface area contributed by atoms with Crippen molar-refractivity contribution in [2.75, 3.05) is 0 Å². The molecule has 0 spiro atoms. The molecule has 9 rings (SSSR count). The molecular weight excluding hydrogens is 1150 g/mol. The summed E-state index contributed by atoms with van der Waals surface area (Å²) in [7, 11) is -4.86. The molecule has 15 heteroatoms. The molecule has 9 aromatic carbocycles. The van der Waals surface area contributed by atoms with Crippen LogP contribution < -0.4 is 40.7 Å². The molecule has 0 aliphatic heterocycles. The standard InChI is InChI=1S/3C21H21O3P.2CO.Ru/c3*1-16-4-10-19(11-5-16)22-25(23-20-12-6-17(2)7-13-20)24-21-14-8-18(3)9-15-21;2*1-2;/h3*4-15H,1-3H3;;;. The molecule has 0 aliphatic carbocycles. The molecule has 0 amide bonds. The van der Waals surface area contributed by atoms with E-state index in [-0.39, 0.29) is 19.5 Å². The first-order valence-corrected chi connectivity index (χ1v) is 28.1. The number of rotatable bonds is 18. The van der Waals surface area contributed by atoms with E-state index in [1.165, 1.54) is 50.1 Å². The fourth-order valence-electron chi connectivity index (χ4n) is 6.33. The van der Waals surface area contributed by atoms with Crippen molar-refractivity contribution in [3.63, 3.8) is 0 Å². The molecule has 0 bridgehead atoms. The van der Waals surface area contributed by atoms with Crippen LogP contribution in [0.4, 0.5) is 0 Å². The summed E-state index contributed by atoms with van der Waals surface area (Å²) in [5.74, 6) is 6.47. The van der Waals surface area contributed by atoms with Crippen LogP contribution in [0.5, 0.6) is 51.7 Å². The summed E-state index contributed by atoms with van der Waals surface area (Å²) < 4.78 is 53.6. The Kier molecular flexibility index (Phi) is 28.5. The first kappa shape index (κ1) is 65.0. The van der Waals surface area contributed by atoms with Crippen molar-refractivity contribution in [1.82, 2.24) is 0 Å². The third-order valence-corrected chi connectivity index (χ3v) is 14.0. The van der Waals surface area contributed by atoms with Crippen LogP contribution >= 0.6 is 25.8 Å². The van der Waals surface area contributed by atoms with Gasteiger partial charge in [0.25, 0.3) is 13.6 Å². The van der Waals surface area contributed by atoms with Crippen molar-refractivity contribution in [2.24, 2.45) is 0 Å². The smallest absolute Gasteiger partial charge is 0.409 e. The fourth-order valence-corrected chi connectivity index (χ4v) is 9.31. The van der Waals surface area contributed by atoms with E-state index in [2.05, 4.69) is 13.6 Å². The molecule has 0 fully saturated rings. The summed E-state index contributed by atoms with van der Waals surface area (Å²) in [6.45, 7) is 27.4. The molecule has 0 saturated carbocycles. The van der Waals surface area contributed by atoms with E-state index < -0.39 is 25.8 Å². The third kappa shape index (κ3) is 24.2. The maximum atomic E-state index is 7.50. The van der Waals surface area contributed by atoms with Gasteiger partial charge in [-0.3, -0.25) is 9.59 Å². The van der Waals surface area contributed by atoms with E-state index in [0.29, 0.717) is 0 Å². The molecule has 0 unspecified atom stereocenters. The van der Waals surface area contributed by atoms with Gasteiger partial charge in [-0.2, -0.15) is 0 Å². The monoisotopic (exact) mass is 1210 g/mol. The average Bonchev–Trinajstić information content (AvgIpc) is 3.46. The van der Waals surface area contributed by atoms with Crippen LogP contribution in [0, 0.1) is 62.3 Å². The van der Waals surface area contributed by atoms with E-state index in [9.17, 15) is 0 Å². The summed E-state index contributed by atoms with van der Waals surface area (Å²) in [5, 5.41) is 0. The maximum Gasteiger partial charge on any atom is 0.530 e. The molecule has 4 radical (unpaired) electrons. The molecule has 0 aliphatic rings. The van der Waals surface area contributed by atoms with E-state index in [4.69, 9.17) is 50.3 Å². The summed E-state index contributed by atoms with van der Waals surface area (Å²) in [4.78, 5) is 15.0. The van der Waals surface area contributed by atoms with Crippen LogP contribution in [0.25, 0.3) is 0 Å². The van der Waals surface area contributed by atoms with Crippen molar-refractivity contribution < 1.29 is 69.8 Å². The van der Waals surface area contributed by atoms with E-state index >= 15 is 0 Å². The van der Waals surface area contributed by atoms with Crippen molar-refractivity contribution in [1.29, 1.82) is 0 Å². The number of hydrogen-bond acceptors (Lipinski definition) is 11. The summed E-state index contributed by atoms with van der Waals surface area (Å²) in [5.41, 5.74) is 10.6. The zero-order valence-corrected chi connectivity index (χ0v) is 50.4. The molecule has 0 heterocycles. The minimum Gasteiger partial charge on any atom is -0.409 e. The van der Waals surface area contributed by atoms with Gasteiger partial charge in [-0.25, -0.2) is 0 Å². The van der Waals surface area contributed by atoms with Crippen molar-refractivity contribution >= 4 is 39.4 Å². The van der Waals surface area contributed by atoms with Gasteiger partial charge >= 0.3 is 25.8 Å². The Morgan fingerprint density at radius 3 is 0.338 bits per heavy atom. The van der Waals surface area contributed by atoms with Gasteiger partial charge < -0.3 is 40.7 Å². The van der Waals surface area contributed by atoms with Crippen LogP contribution in [-0.4, -0.2) is 13.6 Å². The van der Waals surface area contributed by atoms with Crippen molar-refractivity contribution in [3.05, 3.63) is 268 Å². The van der Waals surface area contributed by atoms with Gasteiger partial charge in [0.2, 0.25) is 0 Å². The van der Waals surface area contributed by atoms with Gasteiger partial charge in [0, 0.05) is 19.5 Å². The Bertz CT molecular complexity index is 2440. The van der Waals surface area contributed by atoms with Gasteiger partial charge in [-0.05, 0) is 172 Å². The summed E-state index contributed by atoms with van der Waals surface area (Å²) in [6.07, 6.45) is 0. The number of benzene rings is 9. The number of hydrogen-bond donors (Lipinski definition) is 0. The minimum atomic E-state index is -1.62. The van der Waals surface area contributed by atoms with Gasteiger partial charge in [0.05, 0.1) is 0 Å². The summed E-state index contributed by atoms with van der Waals surface area (Å²) in [6, 6.07) is 70.5.